The zero-order valence-corrected chi connectivity index (χ0v) is 9.95. The van der Waals surface area contributed by atoms with E-state index in [0.29, 0.717) is 4.88 Å². The van der Waals surface area contributed by atoms with Crippen LogP contribution in [0.4, 0.5) is 0 Å². The molecule has 17 heavy (non-hydrogen) atoms. The summed E-state index contributed by atoms with van der Waals surface area (Å²) in [6.07, 6.45) is 0. The number of thiophene rings is 1. The first-order valence-electron chi connectivity index (χ1n) is 4.93. The molecule has 0 radical (unpaired) electrons. The van der Waals surface area contributed by atoms with E-state index in [0.717, 1.165) is 16.2 Å². The molecule has 4 nitrogen and oxygen atoms in total. The molecule has 1 aromatic heterocycles. The van der Waals surface area contributed by atoms with E-state index >= 15 is 0 Å². The summed E-state index contributed by atoms with van der Waals surface area (Å²) in [4.78, 5) is 12.6. The lowest BCUT2D eigenvalue weighted by molar-refractivity contribution is 0.0711. The maximum absolute atomic E-state index is 11.2. The summed E-state index contributed by atoms with van der Waals surface area (Å²) in [7, 11) is 1.61. The summed E-state index contributed by atoms with van der Waals surface area (Å²) in [5.41, 5.74) is 2.62. The van der Waals surface area contributed by atoms with Gasteiger partial charge < -0.3 is 4.74 Å². The number of amides is 1. The maximum atomic E-state index is 11.2. The first kappa shape index (κ1) is 11.6. The average molecular weight is 249 g/mol. The Morgan fingerprint density at radius 1 is 1.24 bits per heavy atom. The predicted molar refractivity (Wildman–Crippen MR) is 65.6 cm³/mol. The Labute approximate surface area is 102 Å². The molecular formula is C12H11NO3S. The van der Waals surface area contributed by atoms with Crippen molar-refractivity contribution >= 4 is 17.2 Å². The Kier molecular flexibility index (Phi) is 3.41. The smallest absolute Gasteiger partial charge is 0.284 e. The van der Waals surface area contributed by atoms with Gasteiger partial charge in [-0.15, -0.1) is 11.3 Å². The number of benzene rings is 1. The molecule has 2 N–H and O–H groups in total. The molecule has 88 valence electrons. The summed E-state index contributed by atoms with van der Waals surface area (Å²) < 4.78 is 5.07. The number of ether oxygens (including phenoxy) is 1. The van der Waals surface area contributed by atoms with Gasteiger partial charge in [0.15, 0.2) is 0 Å². The second kappa shape index (κ2) is 4.99. The highest BCUT2D eigenvalue weighted by atomic mass is 32.1. The van der Waals surface area contributed by atoms with Crippen LogP contribution in [-0.2, 0) is 0 Å². The fourth-order valence-corrected chi connectivity index (χ4v) is 2.33. The van der Waals surface area contributed by atoms with Gasteiger partial charge in [0.05, 0.1) is 12.0 Å². The number of hydrogen-bond donors (Lipinski definition) is 2. The van der Waals surface area contributed by atoms with Crippen LogP contribution in [0, 0.1) is 0 Å². The van der Waals surface area contributed by atoms with Gasteiger partial charge in [-0.3, -0.25) is 10.0 Å². The van der Waals surface area contributed by atoms with E-state index in [1.54, 1.807) is 18.7 Å². The molecule has 0 saturated carbocycles. The third kappa shape index (κ3) is 2.46. The minimum Gasteiger partial charge on any atom is -0.497 e. The van der Waals surface area contributed by atoms with Crippen molar-refractivity contribution in [3.05, 3.63) is 41.3 Å². The molecule has 0 aliphatic carbocycles. The number of hydroxylamine groups is 1. The van der Waals surface area contributed by atoms with Gasteiger partial charge in [-0.2, -0.15) is 0 Å². The summed E-state index contributed by atoms with van der Waals surface area (Å²) >= 11 is 1.32. The van der Waals surface area contributed by atoms with E-state index in [-0.39, 0.29) is 0 Å². The molecule has 1 heterocycles. The van der Waals surface area contributed by atoms with E-state index in [1.165, 1.54) is 11.3 Å². The number of rotatable bonds is 3. The fourth-order valence-electron chi connectivity index (χ4n) is 1.43. The van der Waals surface area contributed by atoms with E-state index in [9.17, 15) is 4.79 Å². The van der Waals surface area contributed by atoms with Gasteiger partial charge in [-0.1, -0.05) is 0 Å². The van der Waals surface area contributed by atoms with E-state index in [1.807, 2.05) is 30.3 Å². The molecule has 0 unspecified atom stereocenters. The largest absolute Gasteiger partial charge is 0.497 e. The Morgan fingerprint density at radius 3 is 2.53 bits per heavy atom. The number of carbonyl (C=O) groups is 1. The molecule has 0 spiro atoms. The summed E-state index contributed by atoms with van der Waals surface area (Å²) in [5, 5.41) is 8.53. The quantitative estimate of drug-likeness (QED) is 0.649. The zero-order valence-electron chi connectivity index (χ0n) is 9.14. The van der Waals surface area contributed by atoms with Gasteiger partial charge >= 0.3 is 0 Å². The molecule has 2 rings (SSSR count). The van der Waals surface area contributed by atoms with Crippen molar-refractivity contribution in [2.24, 2.45) is 0 Å². The van der Waals surface area contributed by atoms with Crippen molar-refractivity contribution in [2.75, 3.05) is 7.11 Å². The van der Waals surface area contributed by atoms with Crippen LogP contribution >= 0.6 is 11.3 Å². The molecule has 0 aliphatic heterocycles. The molecule has 0 saturated heterocycles. The molecule has 0 aliphatic rings. The van der Waals surface area contributed by atoms with Gasteiger partial charge in [-0.05, 0) is 42.0 Å². The third-order valence-electron chi connectivity index (χ3n) is 2.31. The Bertz CT molecular complexity index is 519. The summed E-state index contributed by atoms with van der Waals surface area (Å²) in [6, 6.07) is 11.1. The Hall–Kier alpha value is -1.85. The van der Waals surface area contributed by atoms with Gasteiger partial charge in [0.1, 0.15) is 5.75 Å². The lowest BCUT2D eigenvalue weighted by atomic mass is 10.2. The van der Waals surface area contributed by atoms with Crippen LogP contribution in [0.15, 0.2) is 36.4 Å². The van der Waals surface area contributed by atoms with Crippen molar-refractivity contribution in [1.82, 2.24) is 5.48 Å². The third-order valence-corrected chi connectivity index (χ3v) is 3.44. The van der Waals surface area contributed by atoms with Crippen molar-refractivity contribution in [2.45, 2.75) is 0 Å². The Balaban J connectivity index is 2.27. The van der Waals surface area contributed by atoms with Gasteiger partial charge in [0, 0.05) is 4.88 Å². The normalized spacial score (nSPS) is 10.0. The first-order chi connectivity index (χ1) is 8.24. The molecule has 0 fully saturated rings. The van der Waals surface area contributed by atoms with Crippen molar-refractivity contribution < 1.29 is 14.7 Å². The second-order valence-electron chi connectivity index (χ2n) is 3.33. The van der Waals surface area contributed by atoms with E-state index < -0.39 is 5.91 Å². The average Bonchev–Trinajstić information content (AvgIpc) is 2.87. The van der Waals surface area contributed by atoms with Crippen LogP contribution in [0.5, 0.6) is 5.75 Å². The zero-order chi connectivity index (χ0) is 12.3. The maximum Gasteiger partial charge on any atom is 0.284 e. The number of carbonyl (C=O) groups excluding carboxylic acids is 1. The number of nitrogens with one attached hydrogen (secondary N) is 1. The van der Waals surface area contributed by atoms with Crippen molar-refractivity contribution in [1.29, 1.82) is 0 Å². The highest BCUT2D eigenvalue weighted by Crippen LogP contribution is 2.29. The highest BCUT2D eigenvalue weighted by molar-refractivity contribution is 7.17. The SMILES string of the molecule is COc1ccc(-c2ccc(C(=O)NO)s2)cc1. The van der Waals surface area contributed by atoms with E-state index in [2.05, 4.69) is 0 Å². The fraction of sp³-hybridized carbons (Fsp3) is 0.0833. The van der Waals surface area contributed by atoms with Crippen LogP contribution in [0.2, 0.25) is 0 Å². The number of methoxy groups -OCH3 is 1. The van der Waals surface area contributed by atoms with Gasteiger partial charge in [0.2, 0.25) is 0 Å². The first-order valence-corrected chi connectivity index (χ1v) is 5.75. The molecule has 0 atom stereocenters. The molecule has 5 heteroatoms. The summed E-state index contributed by atoms with van der Waals surface area (Å²) in [6.45, 7) is 0. The minimum absolute atomic E-state index is 0.471. The second-order valence-corrected chi connectivity index (χ2v) is 4.42. The Morgan fingerprint density at radius 2 is 1.94 bits per heavy atom. The van der Waals surface area contributed by atoms with Crippen LogP contribution in [0.25, 0.3) is 10.4 Å². The van der Waals surface area contributed by atoms with Crippen LogP contribution in [-0.4, -0.2) is 18.2 Å². The van der Waals surface area contributed by atoms with Crippen LogP contribution in [0.3, 0.4) is 0 Å². The van der Waals surface area contributed by atoms with Crippen molar-refractivity contribution in [3.8, 4) is 16.2 Å². The highest BCUT2D eigenvalue weighted by Gasteiger charge is 2.09. The topological polar surface area (TPSA) is 58.6 Å². The van der Waals surface area contributed by atoms with Crippen LogP contribution < -0.4 is 10.2 Å². The lowest BCUT2D eigenvalue weighted by Gasteiger charge is -2.00. The number of hydrogen-bond acceptors (Lipinski definition) is 4. The molecule has 1 amide bonds. The molecular weight excluding hydrogens is 238 g/mol. The lowest BCUT2D eigenvalue weighted by Crippen LogP contribution is -2.16. The molecule has 0 bridgehead atoms. The summed E-state index contributed by atoms with van der Waals surface area (Å²) in [5.74, 6) is 0.299. The molecule has 2 aromatic rings. The van der Waals surface area contributed by atoms with E-state index in [4.69, 9.17) is 9.94 Å². The van der Waals surface area contributed by atoms with Gasteiger partial charge in [-0.25, -0.2) is 5.48 Å². The molecule has 1 aromatic carbocycles. The monoisotopic (exact) mass is 249 g/mol. The van der Waals surface area contributed by atoms with Gasteiger partial charge in [0.25, 0.3) is 5.91 Å². The van der Waals surface area contributed by atoms with Crippen LogP contribution in [0.1, 0.15) is 9.67 Å². The standard InChI is InChI=1S/C12H11NO3S/c1-16-9-4-2-8(3-5-9)10-6-7-11(17-10)12(14)13-15/h2-7,15H,1H3,(H,13,14). The predicted octanol–water partition coefficient (Wildman–Crippen LogP) is 2.54. The minimum atomic E-state index is -0.491. The van der Waals surface area contributed by atoms with Crippen molar-refractivity contribution in [3.63, 3.8) is 0 Å².